The van der Waals surface area contributed by atoms with Gasteiger partial charge in [0.2, 0.25) is 0 Å². The fraction of sp³-hybridized carbons (Fsp3) is 0.0476. The van der Waals surface area contributed by atoms with E-state index >= 15 is 0 Å². The van der Waals surface area contributed by atoms with Crippen molar-refractivity contribution in [2.75, 3.05) is 0 Å². The third-order valence-electron chi connectivity index (χ3n) is 4.29. The lowest BCUT2D eigenvalue weighted by atomic mass is 10.0. The predicted molar refractivity (Wildman–Crippen MR) is 102 cm³/mol. The third-order valence-corrected chi connectivity index (χ3v) is 4.29. The number of nitrogens with zero attached hydrogens (tertiary/aromatic N) is 3. The highest BCUT2D eigenvalue weighted by Crippen LogP contribution is 2.34. The second kappa shape index (κ2) is 6.37. The average Bonchev–Trinajstić information content (AvgIpc) is 2.68. The Balaban J connectivity index is 2.10. The Morgan fingerprint density at radius 3 is 1.85 bits per heavy atom. The molecule has 4 aromatic rings. The van der Waals surface area contributed by atoms with E-state index in [9.17, 15) is 10.1 Å². The molecule has 0 radical (unpaired) electrons. The van der Waals surface area contributed by atoms with E-state index in [0.29, 0.717) is 28.0 Å². The molecule has 0 aliphatic heterocycles. The molecular formula is C21H15N3O2. The first kappa shape index (κ1) is 15.9. The maximum atomic E-state index is 11.6. The molecule has 0 unspecified atom stereocenters. The van der Waals surface area contributed by atoms with Crippen molar-refractivity contribution in [2.24, 2.45) is 0 Å². The van der Waals surface area contributed by atoms with Crippen LogP contribution in [0.15, 0.2) is 72.8 Å². The molecular weight excluding hydrogens is 326 g/mol. The van der Waals surface area contributed by atoms with Crippen molar-refractivity contribution in [1.82, 2.24) is 9.97 Å². The van der Waals surface area contributed by atoms with Crippen molar-refractivity contribution in [2.45, 2.75) is 6.92 Å². The van der Waals surface area contributed by atoms with Crippen LogP contribution >= 0.6 is 0 Å². The number of aromatic nitrogens is 2. The van der Waals surface area contributed by atoms with Gasteiger partial charge in [0.1, 0.15) is 0 Å². The first-order valence-electron chi connectivity index (χ1n) is 8.22. The molecule has 5 heteroatoms. The van der Waals surface area contributed by atoms with Gasteiger partial charge in [0.15, 0.2) is 5.52 Å². The van der Waals surface area contributed by atoms with Crippen LogP contribution in [0, 0.1) is 17.0 Å². The standard InChI is InChI=1S/C21H15N3O2/c1-14-12-13-17-20(21(14)24(25)26)23-19(16-10-6-3-7-11-16)18(22-17)15-8-4-2-5-9-15/h2-13H,1H3. The maximum Gasteiger partial charge on any atom is 0.299 e. The zero-order valence-corrected chi connectivity index (χ0v) is 14.1. The van der Waals surface area contributed by atoms with Gasteiger partial charge >= 0.3 is 0 Å². The molecule has 0 saturated carbocycles. The molecule has 0 aliphatic rings. The number of hydrogen-bond acceptors (Lipinski definition) is 4. The molecule has 4 rings (SSSR count). The van der Waals surface area contributed by atoms with Crippen LogP contribution in [0.1, 0.15) is 5.56 Å². The summed E-state index contributed by atoms with van der Waals surface area (Å²) >= 11 is 0. The fourth-order valence-electron chi connectivity index (χ4n) is 3.03. The summed E-state index contributed by atoms with van der Waals surface area (Å²) in [6.45, 7) is 1.71. The molecule has 1 heterocycles. The van der Waals surface area contributed by atoms with Gasteiger partial charge in [0.25, 0.3) is 5.69 Å². The van der Waals surface area contributed by atoms with Gasteiger partial charge in [-0.25, -0.2) is 9.97 Å². The van der Waals surface area contributed by atoms with E-state index in [2.05, 4.69) is 0 Å². The Hall–Kier alpha value is -3.60. The van der Waals surface area contributed by atoms with Crippen LogP contribution in [0.25, 0.3) is 33.5 Å². The average molecular weight is 341 g/mol. The van der Waals surface area contributed by atoms with E-state index in [0.717, 1.165) is 11.1 Å². The highest BCUT2D eigenvalue weighted by Gasteiger charge is 2.21. The molecule has 0 spiro atoms. The van der Waals surface area contributed by atoms with Gasteiger partial charge in [-0.15, -0.1) is 0 Å². The minimum atomic E-state index is -0.386. The summed E-state index contributed by atoms with van der Waals surface area (Å²) in [5.41, 5.74) is 4.55. The van der Waals surface area contributed by atoms with Crippen molar-refractivity contribution >= 4 is 16.7 Å². The summed E-state index contributed by atoms with van der Waals surface area (Å²) in [5, 5.41) is 11.6. The number of hydrogen-bond donors (Lipinski definition) is 0. The van der Waals surface area contributed by atoms with Crippen LogP contribution in [-0.2, 0) is 0 Å². The summed E-state index contributed by atoms with van der Waals surface area (Å²) in [6, 6.07) is 22.9. The molecule has 1 aromatic heterocycles. The van der Waals surface area contributed by atoms with E-state index in [4.69, 9.17) is 9.97 Å². The van der Waals surface area contributed by atoms with Crippen LogP contribution in [0.2, 0.25) is 0 Å². The molecule has 26 heavy (non-hydrogen) atoms. The predicted octanol–water partition coefficient (Wildman–Crippen LogP) is 5.18. The van der Waals surface area contributed by atoms with Gasteiger partial charge in [-0.2, -0.15) is 0 Å². The number of fused-ring (bicyclic) bond motifs is 1. The van der Waals surface area contributed by atoms with Crippen LogP contribution < -0.4 is 0 Å². The first-order valence-corrected chi connectivity index (χ1v) is 8.22. The zero-order chi connectivity index (χ0) is 18.1. The van der Waals surface area contributed by atoms with Crippen molar-refractivity contribution in [1.29, 1.82) is 0 Å². The molecule has 0 fully saturated rings. The van der Waals surface area contributed by atoms with E-state index in [1.807, 2.05) is 60.7 Å². The Kier molecular flexibility index (Phi) is 3.89. The van der Waals surface area contributed by atoms with Gasteiger partial charge < -0.3 is 0 Å². The molecule has 0 aliphatic carbocycles. The Morgan fingerprint density at radius 2 is 1.31 bits per heavy atom. The third kappa shape index (κ3) is 2.69. The molecule has 5 nitrogen and oxygen atoms in total. The molecule has 0 N–H and O–H groups in total. The van der Waals surface area contributed by atoms with Gasteiger partial charge in [0, 0.05) is 16.7 Å². The normalized spacial score (nSPS) is 10.8. The molecule has 0 bridgehead atoms. The van der Waals surface area contributed by atoms with Crippen LogP contribution in [-0.4, -0.2) is 14.9 Å². The van der Waals surface area contributed by atoms with Gasteiger partial charge in [-0.3, -0.25) is 10.1 Å². The van der Waals surface area contributed by atoms with E-state index in [-0.39, 0.29) is 10.6 Å². The summed E-state index contributed by atoms with van der Waals surface area (Å²) in [7, 11) is 0. The molecule has 0 amide bonds. The monoisotopic (exact) mass is 341 g/mol. The SMILES string of the molecule is Cc1ccc2nc(-c3ccccc3)c(-c3ccccc3)nc2c1[N+](=O)[O-]. The fourth-order valence-corrected chi connectivity index (χ4v) is 3.03. The first-order chi connectivity index (χ1) is 12.6. The quantitative estimate of drug-likeness (QED) is 0.380. The molecule has 126 valence electrons. The van der Waals surface area contributed by atoms with Gasteiger partial charge in [-0.05, 0) is 13.0 Å². The summed E-state index contributed by atoms with van der Waals surface area (Å²) < 4.78 is 0. The van der Waals surface area contributed by atoms with Crippen LogP contribution in [0.5, 0.6) is 0 Å². The highest BCUT2D eigenvalue weighted by molar-refractivity contribution is 5.91. The van der Waals surface area contributed by atoms with Gasteiger partial charge in [-0.1, -0.05) is 66.7 Å². The maximum absolute atomic E-state index is 11.6. The number of aryl methyl sites for hydroxylation is 1. The largest absolute Gasteiger partial charge is 0.299 e. The van der Waals surface area contributed by atoms with Gasteiger partial charge in [0.05, 0.1) is 21.8 Å². The zero-order valence-electron chi connectivity index (χ0n) is 14.1. The summed E-state index contributed by atoms with van der Waals surface area (Å²) in [6.07, 6.45) is 0. The Bertz CT molecular complexity index is 1110. The van der Waals surface area contributed by atoms with Crippen molar-refractivity contribution in [3.05, 3.63) is 88.5 Å². The van der Waals surface area contributed by atoms with Crippen LogP contribution in [0.3, 0.4) is 0 Å². The lowest BCUT2D eigenvalue weighted by molar-refractivity contribution is -0.383. The van der Waals surface area contributed by atoms with E-state index in [1.165, 1.54) is 0 Å². The summed E-state index contributed by atoms with van der Waals surface area (Å²) in [4.78, 5) is 20.6. The van der Waals surface area contributed by atoms with Crippen LogP contribution in [0.4, 0.5) is 5.69 Å². The molecule has 0 atom stereocenters. The highest BCUT2D eigenvalue weighted by atomic mass is 16.6. The van der Waals surface area contributed by atoms with Crippen molar-refractivity contribution < 1.29 is 4.92 Å². The van der Waals surface area contributed by atoms with E-state index < -0.39 is 0 Å². The van der Waals surface area contributed by atoms with Crippen molar-refractivity contribution in [3.63, 3.8) is 0 Å². The summed E-state index contributed by atoms with van der Waals surface area (Å²) in [5.74, 6) is 0. The lowest BCUT2D eigenvalue weighted by Gasteiger charge is -2.11. The number of benzene rings is 3. The minimum Gasteiger partial charge on any atom is -0.258 e. The second-order valence-corrected chi connectivity index (χ2v) is 6.01. The molecule has 0 saturated heterocycles. The second-order valence-electron chi connectivity index (χ2n) is 6.01. The topological polar surface area (TPSA) is 68.9 Å². The minimum absolute atomic E-state index is 0.00629. The van der Waals surface area contributed by atoms with Crippen molar-refractivity contribution in [3.8, 4) is 22.5 Å². The number of nitro groups is 1. The number of nitro benzene ring substituents is 1. The molecule has 3 aromatic carbocycles. The smallest absolute Gasteiger partial charge is 0.258 e. The Morgan fingerprint density at radius 1 is 0.769 bits per heavy atom. The Labute approximate surface area is 150 Å². The number of rotatable bonds is 3. The van der Waals surface area contributed by atoms with E-state index in [1.54, 1.807) is 19.1 Å². The lowest BCUT2D eigenvalue weighted by Crippen LogP contribution is -2.00.